The van der Waals surface area contributed by atoms with E-state index in [0.717, 1.165) is 0 Å². The van der Waals surface area contributed by atoms with E-state index in [2.05, 4.69) is 0 Å². The maximum Gasteiger partial charge on any atom is 0.416 e. The second kappa shape index (κ2) is 19.2. The Kier molecular flexibility index (Phi) is 15.7. The summed E-state index contributed by atoms with van der Waals surface area (Å²) in [4.78, 5) is 11.4. The summed E-state index contributed by atoms with van der Waals surface area (Å²) in [7, 11) is 0.0752. The summed E-state index contributed by atoms with van der Waals surface area (Å²) in [6.07, 6.45) is -50.8. The normalized spacial score (nSPS) is 13.6. The number of carbonyl (C=O) groups is 1. The van der Waals surface area contributed by atoms with E-state index < -0.39 is 195 Å². The van der Waals surface area contributed by atoms with Crippen LogP contribution in [0, 0.1) is 5.82 Å². The van der Waals surface area contributed by atoms with Crippen LogP contribution in [0.5, 0.6) is 0 Å². The molecule has 0 amide bonds. The Labute approximate surface area is 379 Å². The van der Waals surface area contributed by atoms with Crippen LogP contribution in [0.25, 0.3) is 0 Å². The topological polar surface area (TPSA) is 17.1 Å². The fourth-order valence-corrected chi connectivity index (χ4v) is 7.77. The Balaban J connectivity index is 0.000000707. The summed E-state index contributed by atoms with van der Waals surface area (Å²) in [5.41, 5.74) is -29.7. The van der Waals surface area contributed by atoms with E-state index in [0.29, 0.717) is 11.3 Å². The summed E-state index contributed by atoms with van der Waals surface area (Å²) in [5.74, 6) is 0.175. The second-order valence-corrected chi connectivity index (χ2v) is 17.5. The predicted octanol–water partition coefficient (Wildman–Crippen LogP) is 13.1. The number of benzene rings is 5. The first-order chi connectivity index (χ1) is 31.4. The van der Waals surface area contributed by atoms with Crippen molar-refractivity contribution in [1.82, 2.24) is 0 Å². The number of halogens is 25. The first kappa shape index (κ1) is 57.0. The van der Waals surface area contributed by atoms with Gasteiger partial charge < -0.3 is 0 Å². The molecule has 0 aliphatic carbocycles. The number of hydrogen-bond acceptors (Lipinski definition) is 1. The fraction of sp³-hybridized carbons (Fsp3) is 0.262. The molecule has 0 aliphatic heterocycles. The number of hydrogen-bond donors (Lipinski definition) is 0. The first-order valence-corrected chi connectivity index (χ1v) is 20.8. The molecule has 5 aromatic carbocycles. The van der Waals surface area contributed by atoms with Crippen LogP contribution >= 0.6 is 0 Å². The minimum absolute atomic E-state index is 0.0211. The third-order valence-electron chi connectivity index (χ3n) is 10.0. The van der Waals surface area contributed by atoms with Gasteiger partial charge in [0, 0.05) is 5.56 Å². The van der Waals surface area contributed by atoms with Gasteiger partial charge >= 0.3 is 49.4 Å². The van der Waals surface area contributed by atoms with Crippen LogP contribution in [0.4, 0.5) is 110 Å². The van der Waals surface area contributed by atoms with Gasteiger partial charge in [0.15, 0.2) is 5.75 Å². The van der Waals surface area contributed by atoms with Gasteiger partial charge in [-0.05, 0) is 47.3 Å². The SMILES string of the molecule is C[S+](C)CC(=O)c1cccc(F)c1.FC(F)(F)c1cc([B-](c2cc(C(F)(F)F)cc(C(F)(F)F)c2)(c2cc(C(F)(F)F)cc(C(F)(F)F)c2)c2cc(C(F)(F)F)cc(C(F)(F)F)c2)cc(C(F)(F)F)c1. The van der Waals surface area contributed by atoms with Crippen molar-refractivity contribution < 1.29 is 115 Å². The van der Waals surface area contributed by atoms with Crippen molar-refractivity contribution in [3.05, 3.63) is 153 Å². The molecule has 0 aliphatic rings. The van der Waals surface area contributed by atoms with E-state index in [4.69, 9.17) is 0 Å². The quantitative estimate of drug-likeness (QED) is 0.0687. The van der Waals surface area contributed by atoms with E-state index in [9.17, 15) is 115 Å². The largest absolute Gasteiger partial charge is 0.416 e. The number of rotatable bonds is 7. The van der Waals surface area contributed by atoms with Gasteiger partial charge in [0.1, 0.15) is 12.0 Å². The van der Waals surface area contributed by atoms with Crippen LogP contribution in [-0.2, 0) is 60.3 Å². The molecule has 1 nitrogen and oxygen atoms in total. The van der Waals surface area contributed by atoms with Gasteiger partial charge in [-0.1, -0.05) is 60.7 Å². The summed E-state index contributed by atoms with van der Waals surface area (Å²) in [5, 5.41) is 0. The van der Waals surface area contributed by atoms with E-state index in [1.54, 1.807) is 12.1 Å². The monoisotopic (exact) mass is 1060 g/mol. The molecule has 382 valence electrons. The Hall–Kier alpha value is -5.57. The van der Waals surface area contributed by atoms with E-state index >= 15 is 0 Å². The zero-order valence-corrected chi connectivity index (χ0v) is 35.1. The molecular weight excluding hydrogens is 1040 g/mol. The lowest BCUT2D eigenvalue weighted by atomic mass is 9.12. The molecule has 0 saturated carbocycles. The molecule has 0 spiro atoms. The van der Waals surface area contributed by atoms with Crippen molar-refractivity contribution in [3.8, 4) is 0 Å². The molecule has 0 N–H and O–H groups in total. The van der Waals surface area contributed by atoms with Gasteiger partial charge in [0.05, 0.1) is 57.0 Å². The molecule has 5 aromatic rings. The molecule has 0 atom stereocenters. The van der Waals surface area contributed by atoms with Crippen LogP contribution < -0.4 is 21.9 Å². The molecule has 70 heavy (non-hydrogen) atoms. The van der Waals surface area contributed by atoms with E-state index in [1.165, 1.54) is 12.1 Å². The zero-order chi connectivity index (χ0) is 53.8. The first-order valence-electron chi connectivity index (χ1n) is 18.5. The highest BCUT2D eigenvalue weighted by Crippen LogP contribution is 2.41. The van der Waals surface area contributed by atoms with E-state index in [-0.39, 0.29) is 22.5 Å². The van der Waals surface area contributed by atoms with Gasteiger partial charge in [0.25, 0.3) is 0 Å². The van der Waals surface area contributed by atoms with Crippen molar-refractivity contribution in [2.45, 2.75) is 49.4 Å². The van der Waals surface area contributed by atoms with Gasteiger partial charge in [0.2, 0.25) is 5.78 Å². The Bertz CT molecular complexity index is 2260. The number of carbonyl (C=O) groups excluding carboxylic acids is 1. The van der Waals surface area contributed by atoms with Crippen molar-refractivity contribution in [2.24, 2.45) is 0 Å². The Morgan fingerprint density at radius 3 is 0.757 bits per heavy atom. The van der Waals surface area contributed by atoms with Gasteiger partial charge in [-0.15, -0.1) is 0 Å². The summed E-state index contributed by atoms with van der Waals surface area (Å²) >= 11 is 0. The molecule has 0 bridgehead atoms. The van der Waals surface area contributed by atoms with Crippen molar-refractivity contribution in [1.29, 1.82) is 0 Å². The van der Waals surface area contributed by atoms with Crippen molar-refractivity contribution in [3.63, 3.8) is 0 Å². The smallest absolute Gasteiger partial charge is 0.289 e. The lowest BCUT2D eigenvalue weighted by Gasteiger charge is -2.46. The molecule has 28 heteroatoms. The lowest BCUT2D eigenvalue weighted by molar-refractivity contribution is -0.144. The zero-order valence-electron chi connectivity index (χ0n) is 34.3. The molecule has 0 radical (unpaired) electrons. The summed E-state index contributed by atoms with van der Waals surface area (Å²) in [6.45, 7) is 0. The van der Waals surface area contributed by atoms with Crippen LogP contribution in [0.3, 0.4) is 0 Å². The highest BCUT2D eigenvalue weighted by molar-refractivity contribution is 7.96. The predicted molar refractivity (Wildman–Crippen MR) is 205 cm³/mol. The molecule has 0 aromatic heterocycles. The minimum atomic E-state index is -6.13. The van der Waals surface area contributed by atoms with Gasteiger partial charge in [-0.3, -0.25) is 4.79 Å². The molecule has 0 heterocycles. The van der Waals surface area contributed by atoms with Gasteiger partial charge in [-0.2, -0.15) is 127 Å². The highest BCUT2D eigenvalue weighted by Gasteiger charge is 2.47. The second-order valence-electron chi connectivity index (χ2n) is 15.3. The highest BCUT2D eigenvalue weighted by atomic mass is 32.2. The maximum absolute atomic E-state index is 14.2. The van der Waals surface area contributed by atoms with Gasteiger partial charge in [-0.25, -0.2) is 4.39 Å². The molecule has 0 saturated heterocycles. The Morgan fingerprint density at radius 2 is 0.586 bits per heavy atom. The molecule has 0 fully saturated rings. The standard InChI is InChI=1S/C32H12BF24.C10H12FOS/c34-25(35,36)13-1-14(26(37,38)39)6-21(5-13)33(22-7-15(27(40,41)42)2-16(8-22)28(43,44)45,23-9-17(29(46,47)48)3-18(10-23)30(49,50)51)24-11-19(31(52,53)54)4-20(12-24)32(55,56)57;1-13(2)7-10(12)8-4-3-5-9(11)6-8/h1-12H;3-6H,7H2,1-2H3/q-1;+1. The lowest BCUT2D eigenvalue weighted by Crippen LogP contribution is -2.75. The summed E-state index contributed by atoms with van der Waals surface area (Å²) in [6, 6.07) is -2.97. The maximum atomic E-state index is 14.2. The van der Waals surface area contributed by atoms with E-state index in [1.807, 2.05) is 12.5 Å². The minimum Gasteiger partial charge on any atom is -0.289 e. The number of ketones is 1. The molecule has 0 unspecified atom stereocenters. The number of alkyl halides is 24. The van der Waals surface area contributed by atoms with Crippen LogP contribution in [0.2, 0.25) is 0 Å². The summed E-state index contributed by atoms with van der Waals surface area (Å²) < 4.78 is 354. The van der Waals surface area contributed by atoms with Crippen molar-refractivity contribution in [2.75, 3.05) is 18.3 Å². The molecular formula is C42H24BF25OS. The Morgan fingerprint density at radius 1 is 0.371 bits per heavy atom. The van der Waals surface area contributed by atoms with Crippen molar-refractivity contribution >= 4 is 44.7 Å². The average molecular weight is 1060 g/mol. The molecule has 5 rings (SSSR count). The fourth-order valence-electron chi connectivity index (χ4n) is 7.08. The number of Topliss-reactive ketones (excluding diaryl/α,β-unsaturated/α-hetero) is 1. The van der Waals surface area contributed by atoms with Crippen LogP contribution in [0.15, 0.2) is 97.1 Å². The third-order valence-corrected chi connectivity index (χ3v) is 10.8. The van der Waals surface area contributed by atoms with Crippen LogP contribution in [0.1, 0.15) is 54.9 Å². The third kappa shape index (κ3) is 13.4. The average Bonchev–Trinajstić information content (AvgIpc) is 3.18. The van der Waals surface area contributed by atoms with Crippen LogP contribution in [-0.4, -0.2) is 30.2 Å².